The smallest absolute Gasteiger partial charge is 0.341 e. The number of aromatic carboxylic acids is 1. The Morgan fingerprint density at radius 2 is 1.86 bits per heavy atom. The molecule has 2 rings (SSSR count). The lowest BCUT2D eigenvalue weighted by atomic mass is 10.1. The molecular formula is C16H19N3O2. The summed E-state index contributed by atoms with van der Waals surface area (Å²) in [4.78, 5) is 21.8. The van der Waals surface area contributed by atoms with E-state index in [1.54, 1.807) is 0 Å². The van der Waals surface area contributed by atoms with E-state index in [1.165, 1.54) is 6.20 Å². The number of hydrogen-bond donors (Lipinski definition) is 1. The Kier molecular flexibility index (Phi) is 4.21. The molecule has 1 heterocycles. The maximum Gasteiger partial charge on any atom is 0.341 e. The van der Waals surface area contributed by atoms with Gasteiger partial charge in [0.15, 0.2) is 5.82 Å². The second-order valence-electron chi connectivity index (χ2n) is 5.31. The van der Waals surface area contributed by atoms with Crippen LogP contribution in [0.5, 0.6) is 0 Å². The van der Waals surface area contributed by atoms with Gasteiger partial charge in [-0.05, 0) is 20.8 Å². The Morgan fingerprint density at radius 3 is 2.38 bits per heavy atom. The van der Waals surface area contributed by atoms with E-state index in [0.717, 1.165) is 11.1 Å². The Morgan fingerprint density at radius 1 is 1.24 bits per heavy atom. The zero-order chi connectivity index (χ0) is 15.6. The van der Waals surface area contributed by atoms with Crippen LogP contribution in [0.1, 0.15) is 29.8 Å². The van der Waals surface area contributed by atoms with Gasteiger partial charge in [0.1, 0.15) is 11.4 Å². The number of anilines is 1. The normalized spacial score (nSPS) is 10.7. The topological polar surface area (TPSA) is 66.3 Å². The summed E-state index contributed by atoms with van der Waals surface area (Å²) in [5, 5.41) is 9.29. The molecule has 0 bridgehead atoms. The Bertz CT molecular complexity index is 651. The van der Waals surface area contributed by atoms with Crippen LogP contribution in [-0.4, -0.2) is 34.1 Å². The molecule has 0 radical (unpaired) electrons. The van der Waals surface area contributed by atoms with Gasteiger partial charge in [-0.3, -0.25) is 0 Å². The first-order valence-electron chi connectivity index (χ1n) is 6.80. The molecule has 5 nitrogen and oxygen atoms in total. The number of benzene rings is 1. The van der Waals surface area contributed by atoms with Crippen LogP contribution >= 0.6 is 0 Å². The fourth-order valence-electron chi connectivity index (χ4n) is 1.88. The van der Waals surface area contributed by atoms with Gasteiger partial charge >= 0.3 is 5.97 Å². The molecular weight excluding hydrogens is 266 g/mol. The lowest BCUT2D eigenvalue weighted by Crippen LogP contribution is -2.28. The van der Waals surface area contributed by atoms with E-state index < -0.39 is 5.97 Å². The molecule has 0 amide bonds. The van der Waals surface area contributed by atoms with Crippen LogP contribution in [-0.2, 0) is 0 Å². The van der Waals surface area contributed by atoms with Gasteiger partial charge in [0.25, 0.3) is 0 Å². The fraction of sp³-hybridized carbons (Fsp3) is 0.312. The molecule has 110 valence electrons. The van der Waals surface area contributed by atoms with Gasteiger partial charge in [0.05, 0.1) is 0 Å². The van der Waals surface area contributed by atoms with Crippen molar-refractivity contribution in [2.75, 3.05) is 11.9 Å². The third-order valence-corrected chi connectivity index (χ3v) is 3.42. The number of hydrogen-bond acceptors (Lipinski definition) is 4. The first-order valence-corrected chi connectivity index (χ1v) is 6.80. The maximum atomic E-state index is 11.3. The van der Waals surface area contributed by atoms with Crippen molar-refractivity contribution in [1.29, 1.82) is 0 Å². The molecule has 0 saturated heterocycles. The van der Waals surface area contributed by atoms with Crippen LogP contribution in [0, 0.1) is 6.92 Å². The summed E-state index contributed by atoms with van der Waals surface area (Å²) in [6, 6.07) is 7.98. The van der Waals surface area contributed by atoms with Gasteiger partial charge in [0, 0.05) is 24.8 Å². The van der Waals surface area contributed by atoms with Gasteiger partial charge in [-0.1, -0.05) is 29.8 Å². The summed E-state index contributed by atoms with van der Waals surface area (Å²) in [6.07, 6.45) is 1.37. The molecule has 0 unspecified atom stereocenters. The molecule has 1 aromatic carbocycles. The third kappa shape index (κ3) is 3.18. The third-order valence-electron chi connectivity index (χ3n) is 3.42. The van der Waals surface area contributed by atoms with Gasteiger partial charge in [0.2, 0.25) is 0 Å². The fourth-order valence-corrected chi connectivity index (χ4v) is 1.88. The highest BCUT2D eigenvalue weighted by atomic mass is 16.4. The SMILES string of the molecule is Cc1ccc(-c2ncc(C(=O)O)c(N(C)C(C)C)n2)cc1. The Balaban J connectivity index is 2.53. The molecule has 21 heavy (non-hydrogen) atoms. The van der Waals surface area contributed by atoms with Gasteiger partial charge < -0.3 is 10.0 Å². The van der Waals surface area contributed by atoms with E-state index in [0.29, 0.717) is 11.6 Å². The molecule has 0 aliphatic heterocycles. The number of aryl methyl sites for hydroxylation is 1. The molecule has 1 N–H and O–H groups in total. The van der Waals surface area contributed by atoms with Gasteiger partial charge in [-0.15, -0.1) is 0 Å². The average Bonchev–Trinajstić information content (AvgIpc) is 2.46. The zero-order valence-corrected chi connectivity index (χ0v) is 12.7. The summed E-state index contributed by atoms with van der Waals surface area (Å²) in [6.45, 7) is 5.98. The van der Waals surface area contributed by atoms with Crippen LogP contribution in [0.2, 0.25) is 0 Å². The number of carboxylic acid groups (broad SMARTS) is 1. The van der Waals surface area contributed by atoms with E-state index in [2.05, 4.69) is 9.97 Å². The molecule has 5 heteroatoms. The lowest BCUT2D eigenvalue weighted by Gasteiger charge is -2.24. The van der Waals surface area contributed by atoms with E-state index >= 15 is 0 Å². The summed E-state index contributed by atoms with van der Waals surface area (Å²) in [5.41, 5.74) is 2.14. The first kappa shape index (κ1) is 15.0. The highest BCUT2D eigenvalue weighted by Crippen LogP contribution is 2.23. The van der Waals surface area contributed by atoms with E-state index in [-0.39, 0.29) is 11.6 Å². The first-order chi connectivity index (χ1) is 9.90. The lowest BCUT2D eigenvalue weighted by molar-refractivity contribution is 0.0696. The predicted octanol–water partition coefficient (Wildman–Crippen LogP) is 2.99. The van der Waals surface area contributed by atoms with Crippen molar-refractivity contribution in [2.24, 2.45) is 0 Å². The number of nitrogens with zero attached hydrogens (tertiary/aromatic N) is 3. The van der Waals surface area contributed by atoms with Crippen molar-refractivity contribution in [3.05, 3.63) is 41.6 Å². The minimum Gasteiger partial charge on any atom is -0.477 e. The zero-order valence-electron chi connectivity index (χ0n) is 12.7. The van der Waals surface area contributed by atoms with Crippen LogP contribution in [0.3, 0.4) is 0 Å². The highest BCUT2D eigenvalue weighted by molar-refractivity contribution is 5.93. The minimum atomic E-state index is -1.02. The maximum absolute atomic E-state index is 11.3. The number of aromatic nitrogens is 2. The van der Waals surface area contributed by atoms with Crippen molar-refractivity contribution in [1.82, 2.24) is 9.97 Å². The number of carbonyl (C=O) groups is 1. The quantitative estimate of drug-likeness (QED) is 0.935. The van der Waals surface area contributed by atoms with Crippen molar-refractivity contribution in [3.63, 3.8) is 0 Å². The second-order valence-corrected chi connectivity index (χ2v) is 5.31. The van der Waals surface area contributed by atoms with E-state index in [9.17, 15) is 9.90 Å². The number of rotatable bonds is 4. The molecule has 0 aliphatic rings. The van der Waals surface area contributed by atoms with E-state index in [1.807, 2.05) is 57.0 Å². The summed E-state index contributed by atoms with van der Waals surface area (Å²) in [7, 11) is 1.83. The minimum absolute atomic E-state index is 0.113. The van der Waals surface area contributed by atoms with Crippen molar-refractivity contribution in [3.8, 4) is 11.4 Å². The molecule has 2 aromatic rings. The molecule has 0 fully saturated rings. The summed E-state index contributed by atoms with van der Waals surface area (Å²) in [5.74, 6) is -0.0569. The van der Waals surface area contributed by atoms with Crippen LogP contribution in [0.25, 0.3) is 11.4 Å². The largest absolute Gasteiger partial charge is 0.477 e. The predicted molar refractivity (Wildman–Crippen MR) is 82.7 cm³/mol. The second kappa shape index (κ2) is 5.91. The number of carboxylic acids is 1. The van der Waals surface area contributed by atoms with Crippen molar-refractivity contribution < 1.29 is 9.90 Å². The van der Waals surface area contributed by atoms with Crippen molar-refractivity contribution >= 4 is 11.8 Å². The molecule has 0 aliphatic carbocycles. The molecule has 0 atom stereocenters. The summed E-state index contributed by atoms with van der Waals surface area (Å²) < 4.78 is 0. The van der Waals surface area contributed by atoms with Crippen LogP contribution < -0.4 is 4.90 Å². The monoisotopic (exact) mass is 285 g/mol. The van der Waals surface area contributed by atoms with Gasteiger partial charge in [-0.25, -0.2) is 14.8 Å². The summed E-state index contributed by atoms with van der Waals surface area (Å²) >= 11 is 0. The average molecular weight is 285 g/mol. The molecule has 1 aromatic heterocycles. The standard InChI is InChI=1S/C16H19N3O2/c1-10(2)19(4)15-13(16(20)21)9-17-14(18-15)12-7-5-11(3)6-8-12/h5-10H,1-4H3,(H,20,21). The van der Waals surface area contributed by atoms with Crippen LogP contribution in [0.4, 0.5) is 5.82 Å². The Labute approximate surface area is 124 Å². The molecule has 0 spiro atoms. The van der Waals surface area contributed by atoms with Gasteiger partial charge in [-0.2, -0.15) is 0 Å². The molecule has 0 saturated carbocycles. The van der Waals surface area contributed by atoms with Crippen LogP contribution in [0.15, 0.2) is 30.5 Å². The van der Waals surface area contributed by atoms with Crippen molar-refractivity contribution in [2.45, 2.75) is 26.8 Å². The highest BCUT2D eigenvalue weighted by Gasteiger charge is 2.19. The van der Waals surface area contributed by atoms with E-state index in [4.69, 9.17) is 0 Å². The Hall–Kier alpha value is -2.43.